The first-order chi connectivity index (χ1) is 4.41. The third-order valence-electron chi connectivity index (χ3n) is 2.42. The number of carbonyl (C=O) groups is 1. The Labute approximate surface area is 61.6 Å². The first kappa shape index (κ1) is 9.60. The fraction of sp³-hybridized carbons (Fsp3) is 0.875. The van der Waals surface area contributed by atoms with Crippen LogP contribution >= 0.6 is 0 Å². The van der Waals surface area contributed by atoms with Crippen molar-refractivity contribution in [2.75, 3.05) is 0 Å². The Morgan fingerprint density at radius 3 is 2.10 bits per heavy atom. The van der Waals surface area contributed by atoms with Crippen molar-refractivity contribution in [1.29, 1.82) is 0 Å². The molecule has 0 unspecified atom stereocenters. The number of hydrogen-bond donors (Lipinski definition) is 0. The van der Waals surface area contributed by atoms with Crippen LogP contribution in [0.5, 0.6) is 0 Å². The Balaban J connectivity index is 4.17. The van der Waals surface area contributed by atoms with Crippen LogP contribution < -0.4 is 0 Å². The molecule has 0 heterocycles. The van der Waals surface area contributed by atoms with E-state index in [4.69, 9.17) is 0 Å². The molecule has 0 bridgehead atoms. The van der Waals surface area contributed by atoms with Gasteiger partial charge in [-0.3, -0.25) is 4.79 Å². The van der Waals surface area contributed by atoms with Crippen molar-refractivity contribution in [1.82, 2.24) is 0 Å². The fourth-order valence-corrected chi connectivity index (χ4v) is 0.613. The van der Waals surface area contributed by atoms with E-state index < -0.39 is 12.0 Å². The lowest BCUT2D eigenvalue weighted by molar-refractivity contribution is -0.136. The van der Waals surface area contributed by atoms with Gasteiger partial charge in [-0.1, -0.05) is 34.1 Å². The molecule has 0 saturated carbocycles. The zero-order valence-corrected chi connectivity index (χ0v) is 7.07. The highest BCUT2D eigenvalue weighted by Crippen LogP contribution is 2.30. The fourth-order valence-electron chi connectivity index (χ4n) is 0.613. The Morgan fingerprint density at radius 2 is 2.00 bits per heavy atom. The van der Waals surface area contributed by atoms with E-state index in [9.17, 15) is 9.18 Å². The van der Waals surface area contributed by atoms with Gasteiger partial charge in [0.2, 0.25) is 0 Å². The van der Waals surface area contributed by atoms with Gasteiger partial charge in [-0.15, -0.1) is 0 Å². The summed E-state index contributed by atoms with van der Waals surface area (Å²) in [7, 11) is 0. The average Bonchev–Trinajstić information content (AvgIpc) is 1.86. The quantitative estimate of drug-likeness (QED) is 0.559. The molecule has 0 aliphatic heterocycles. The molecule has 0 aromatic heterocycles. The molecule has 2 heteroatoms. The van der Waals surface area contributed by atoms with E-state index in [0.717, 1.165) is 6.42 Å². The van der Waals surface area contributed by atoms with Crippen LogP contribution in [0.4, 0.5) is 4.39 Å². The normalized spacial score (nSPS) is 14.9. The van der Waals surface area contributed by atoms with Crippen LogP contribution in [0, 0.1) is 11.3 Å². The zero-order valence-electron chi connectivity index (χ0n) is 7.07. The van der Waals surface area contributed by atoms with Crippen molar-refractivity contribution < 1.29 is 9.18 Å². The Morgan fingerprint density at radius 1 is 1.60 bits per heavy atom. The van der Waals surface area contributed by atoms with E-state index in [1.807, 2.05) is 20.8 Å². The second-order valence-corrected chi connectivity index (χ2v) is 3.37. The molecule has 0 amide bonds. The van der Waals surface area contributed by atoms with Crippen molar-refractivity contribution in [3.05, 3.63) is 0 Å². The van der Waals surface area contributed by atoms with Crippen molar-refractivity contribution in [3.63, 3.8) is 0 Å². The molecule has 0 radical (unpaired) electrons. The zero-order chi connectivity index (χ0) is 8.36. The summed E-state index contributed by atoms with van der Waals surface area (Å²) in [6.45, 7) is 7.38. The number of hydrogen-bond acceptors (Lipinski definition) is 1. The molecular formula is C8H15FO. The molecule has 0 aromatic rings. The van der Waals surface area contributed by atoms with Gasteiger partial charge in [-0.25, -0.2) is 0 Å². The highest BCUT2D eigenvalue weighted by molar-refractivity contribution is 5.71. The maximum atomic E-state index is 12.1. The predicted octanol–water partition coefficient (Wildman–Crippen LogP) is 2.55. The van der Waals surface area contributed by atoms with Gasteiger partial charge in [0.25, 0.3) is 0 Å². The molecule has 1 atom stereocenters. The SMILES string of the molecule is CCC(C)(C)[C@H](C)C(=O)F. The Hall–Kier alpha value is -0.400. The van der Waals surface area contributed by atoms with Crippen LogP contribution in [0.2, 0.25) is 0 Å². The summed E-state index contributed by atoms with van der Waals surface area (Å²) in [5.41, 5.74) is -0.203. The maximum Gasteiger partial charge on any atom is 0.304 e. The van der Waals surface area contributed by atoms with Crippen molar-refractivity contribution >= 4 is 6.04 Å². The van der Waals surface area contributed by atoms with Gasteiger partial charge >= 0.3 is 6.04 Å². The minimum atomic E-state index is -1.20. The summed E-state index contributed by atoms with van der Waals surface area (Å²) in [4.78, 5) is 10.3. The van der Waals surface area contributed by atoms with Gasteiger partial charge in [0.05, 0.1) is 5.92 Å². The van der Waals surface area contributed by atoms with Crippen LogP contribution in [0.25, 0.3) is 0 Å². The summed E-state index contributed by atoms with van der Waals surface area (Å²) in [6.07, 6.45) is 0.823. The Kier molecular flexibility index (Phi) is 3.00. The average molecular weight is 146 g/mol. The molecule has 0 N–H and O–H groups in total. The summed E-state index contributed by atoms with van der Waals surface area (Å²) < 4.78 is 12.1. The molecule has 0 aliphatic rings. The molecule has 0 aromatic carbocycles. The maximum absolute atomic E-state index is 12.1. The topological polar surface area (TPSA) is 17.1 Å². The Bertz CT molecular complexity index is 129. The summed E-state index contributed by atoms with van der Waals surface area (Å²) >= 11 is 0. The smallest absolute Gasteiger partial charge is 0.261 e. The molecule has 0 fully saturated rings. The van der Waals surface area contributed by atoms with Crippen LogP contribution in [0.15, 0.2) is 0 Å². The van der Waals surface area contributed by atoms with Gasteiger partial charge in [-0.05, 0) is 5.41 Å². The molecule has 60 valence electrons. The highest BCUT2D eigenvalue weighted by Gasteiger charge is 2.29. The predicted molar refractivity (Wildman–Crippen MR) is 39.4 cm³/mol. The van der Waals surface area contributed by atoms with Gasteiger partial charge < -0.3 is 0 Å². The standard InChI is InChI=1S/C8H15FO/c1-5-8(3,4)6(2)7(9)10/h6H,5H2,1-4H3/t6-/m1/s1. The molecule has 10 heavy (non-hydrogen) atoms. The molecule has 0 rings (SSSR count). The van der Waals surface area contributed by atoms with Gasteiger partial charge in [0, 0.05) is 0 Å². The number of rotatable bonds is 3. The first-order valence-corrected chi connectivity index (χ1v) is 3.61. The monoisotopic (exact) mass is 146 g/mol. The van der Waals surface area contributed by atoms with Crippen LogP contribution in [0.1, 0.15) is 34.1 Å². The van der Waals surface area contributed by atoms with E-state index in [-0.39, 0.29) is 5.41 Å². The van der Waals surface area contributed by atoms with Crippen LogP contribution in [0.3, 0.4) is 0 Å². The molecule has 0 saturated heterocycles. The molecule has 0 aliphatic carbocycles. The van der Waals surface area contributed by atoms with E-state index in [1.54, 1.807) is 6.92 Å². The largest absolute Gasteiger partial charge is 0.304 e. The third-order valence-corrected chi connectivity index (χ3v) is 2.42. The second kappa shape index (κ2) is 3.13. The van der Waals surface area contributed by atoms with Crippen molar-refractivity contribution in [3.8, 4) is 0 Å². The minimum Gasteiger partial charge on any atom is -0.261 e. The summed E-state index contributed by atoms with van der Waals surface area (Å²) in [6, 6.07) is -1.20. The molecule has 1 nitrogen and oxygen atoms in total. The summed E-state index contributed by atoms with van der Waals surface area (Å²) in [5.74, 6) is -0.475. The van der Waals surface area contributed by atoms with Crippen LogP contribution in [-0.2, 0) is 4.79 Å². The lowest BCUT2D eigenvalue weighted by atomic mass is 9.78. The van der Waals surface area contributed by atoms with Crippen molar-refractivity contribution in [2.24, 2.45) is 11.3 Å². The van der Waals surface area contributed by atoms with E-state index in [0.29, 0.717) is 0 Å². The third kappa shape index (κ3) is 2.09. The molecular weight excluding hydrogens is 131 g/mol. The minimum absolute atomic E-state index is 0.203. The number of carbonyl (C=O) groups excluding carboxylic acids is 1. The lowest BCUT2D eigenvalue weighted by Crippen LogP contribution is -2.25. The van der Waals surface area contributed by atoms with Gasteiger partial charge in [0.15, 0.2) is 0 Å². The molecule has 0 spiro atoms. The summed E-state index contributed by atoms with van der Waals surface area (Å²) in [5, 5.41) is 0. The van der Waals surface area contributed by atoms with E-state index in [1.165, 1.54) is 0 Å². The van der Waals surface area contributed by atoms with E-state index in [2.05, 4.69) is 0 Å². The van der Waals surface area contributed by atoms with Gasteiger partial charge in [-0.2, -0.15) is 4.39 Å². The van der Waals surface area contributed by atoms with E-state index >= 15 is 0 Å². The highest BCUT2D eigenvalue weighted by atomic mass is 19.1. The number of halogens is 1. The second-order valence-electron chi connectivity index (χ2n) is 3.37. The first-order valence-electron chi connectivity index (χ1n) is 3.61. The lowest BCUT2D eigenvalue weighted by Gasteiger charge is -2.26. The van der Waals surface area contributed by atoms with Gasteiger partial charge in [0.1, 0.15) is 0 Å². The van der Waals surface area contributed by atoms with Crippen molar-refractivity contribution in [2.45, 2.75) is 34.1 Å². The van der Waals surface area contributed by atoms with Crippen LogP contribution in [-0.4, -0.2) is 6.04 Å².